The highest BCUT2D eigenvalue weighted by atomic mass is 15.0. The van der Waals surface area contributed by atoms with Gasteiger partial charge in [-0.3, -0.25) is 0 Å². The van der Waals surface area contributed by atoms with Crippen LogP contribution in [-0.2, 0) is 0 Å². The van der Waals surface area contributed by atoms with Crippen LogP contribution in [0.4, 0.5) is 0 Å². The molecule has 0 saturated carbocycles. The number of nitriles is 2. The van der Waals surface area contributed by atoms with Crippen LogP contribution >= 0.6 is 0 Å². The van der Waals surface area contributed by atoms with Gasteiger partial charge in [-0.15, -0.1) is 0 Å². The smallest absolute Gasteiger partial charge is 0.137 e. The summed E-state index contributed by atoms with van der Waals surface area (Å²) in [6.07, 6.45) is 10.3. The van der Waals surface area contributed by atoms with E-state index in [9.17, 15) is 0 Å². The molecule has 0 spiro atoms. The minimum Gasteiger partial charge on any atom is -0.306 e. The highest BCUT2D eigenvalue weighted by Gasteiger charge is 2.04. The minimum absolute atomic E-state index is 0.850. The van der Waals surface area contributed by atoms with Gasteiger partial charge in [0.25, 0.3) is 0 Å². The molecule has 3 rings (SSSR count). The van der Waals surface area contributed by atoms with E-state index in [1.165, 1.54) is 12.2 Å². The first-order valence-electron chi connectivity index (χ1n) is 7.02. The number of pyridine rings is 1. The molecule has 23 heavy (non-hydrogen) atoms. The highest BCUT2D eigenvalue weighted by Crippen LogP contribution is 2.20. The summed E-state index contributed by atoms with van der Waals surface area (Å²) in [4.78, 5) is 4.60. The third-order valence-corrected chi connectivity index (χ3v) is 3.38. The highest BCUT2D eigenvalue weighted by molar-refractivity contribution is 5.66. The normalized spacial score (nSPS) is 11.0. The number of rotatable bonds is 3. The van der Waals surface area contributed by atoms with Crippen molar-refractivity contribution in [3.8, 4) is 23.4 Å². The second-order valence-corrected chi connectivity index (χ2v) is 4.90. The van der Waals surface area contributed by atoms with Crippen LogP contribution in [0.1, 0.15) is 11.1 Å². The third kappa shape index (κ3) is 3.18. The lowest BCUT2D eigenvalue weighted by atomic mass is 10.1. The summed E-state index contributed by atoms with van der Waals surface area (Å²) in [5.41, 5.74) is 4.66. The third-order valence-electron chi connectivity index (χ3n) is 3.38. The van der Waals surface area contributed by atoms with Gasteiger partial charge in [-0.1, -0.05) is 24.3 Å². The molecule has 0 radical (unpaired) electrons. The van der Waals surface area contributed by atoms with Crippen molar-refractivity contribution < 1.29 is 0 Å². The van der Waals surface area contributed by atoms with Crippen molar-refractivity contribution in [3.05, 3.63) is 72.1 Å². The first kappa shape index (κ1) is 14.3. The molecule has 4 heteroatoms. The van der Waals surface area contributed by atoms with Gasteiger partial charge in [-0.2, -0.15) is 10.5 Å². The summed E-state index contributed by atoms with van der Waals surface area (Å²) < 4.78 is 1.94. The number of imidazole rings is 1. The maximum absolute atomic E-state index is 8.59. The van der Waals surface area contributed by atoms with Crippen molar-refractivity contribution in [2.75, 3.05) is 0 Å². The summed E-state index contributed by atoms with van der Waals surface area (Å²) in [6.45, 7) is 0. The van der Waals surface area contributed by atoms with E-state index in [4.69, 9.17) is 10.5 Å². The SMILES string of the molecule is N#C/C=C/c1ccc(-c2cn3cc(/C=C/C#N)ccc3n2)cc1. The fourth-order valence-electron chi connectivity index (χ4n) is 2.28. The molecule has 0 aliphatic heterocycles. The molecule has 0 N–H and O–H groups in total. The van der Waals surface area contributed by atoms with Crippen LogP contribution in [0.5, 0.6) is 0 Å². The van der Waals surface area contributed by atoms with Crippen molar-refractivity contribution in [1.82, 2.24) is 9.38 Å². The number of nitrogens with zero attached hydrogens (tertiary/aromatic N) is 4. The molecule has 2 heterocycles. The molecule has 0 bridgehead atoms. The van der Waals surface area contributed by atoms with Gasteiger partial charge in [-0.25, -0.2) is 4.98 Å². The molecule has 0 aliphatic rings. The van der Waals surface area contributed by atoms with E-state index >= 15 is 0 Å². The van der Waals surface area contributed by atoms with Crippen molar-refractivity contribution in [3.63, 3.8) is 0 Å². The van der Waals surface area contributed by atoms with Crippen molar-refractivity contribution >= 4 is 17.8 Å². The Hall–Kier alpha value is -3.63. The molecular formula is C19H12N4. The van der Waals surface area contributed by atoms with Gasteiger partial charge in [0.1, 0.15) is 5.65 Å². The number of allylic oxidation sites excluding steroid dienone is 2. The zero-order valence-electron chi connectivity index (χ0n) is 12.2. The van der Waals surface area contributed by atoms with Gasteiger partial charge in [0, 0.05) is 30.1 Å². The molecule has 0 fully saturated rings. The van der Waals surface area contributed by atoms with Crippen LogP contribution in [0.3, 0.4) is 0 Å². The van der Waals surface area contributed by atoms with E-state index in [2.05, 4.69) is 4.98 Å². The minimum atomic E-state index is 0.850. The summed E-state index contributed by atoms with van der Waals surface area (Å²) in [7, 11) is 0. The standard InChI is InChI=1S/C19H12N4/c20-11-1-3-15-5-8-17(9-6-15)18-14-23-13-16(4-2-12-21)7-10-19(23)22-18/h1-10,13-14H/b3-1+,4-2+. The van der Waals surface area contributed by atoms with Crippen molar-refractivity contribution in [2.24, 2.45) is 0 Å². The van der Waals surface area contributed by atoms with Gasteiger partial charge in [0.15, 0.2) is 0 Å². The number of aromatic nitrogens is 2. The Morgan fingerprint density at radius 2 is 1.48 bits per heavy atom. The van der Waals surface area contributed by atoms with E-state index in [0.29, 0.717) is 0 Å². The van der Waals surface area contributed by atoms with Gasteiger partial charge in [-0.05, 0) is 35.4 Å². The van der Waals surface area contributed by atoms with Gasteiger partial charge in [0.05, 0.1) is 17.8 Å². The topological polar surface area (TPSA) is 64.9 Å². The molecule has 108 valence electrons. The van der Waals surface area contributed by atoms with Crippen LogP contribution in [-0.4, -0.2) is 9.38 Å². The van der Waals surface area contributed by atoms with E-state index in [0.717, 1.165) is 28.0 Å². The Morgan fingerprint density at radius 1 is 0.826 bits per heavy atom. The van der Waals surface area contributed by atoms with Crippen LogP contribution in [0, 0.1) is 22.7 Å². The van der Waals surface area contributed by atoms with Crippen molar-refractivity contribution in [2.45, 2.75) is 0 Å². The quantitative estimate of drug-likeness (QED) is 0.684. The fourth-order valence-corrected chi connectivity index (χ4v) is 2.28. The number of benzene rings is 1. The number of fused-ring (bicyclic) bond motifs is 1. The first-order chi connectivity index (χ1) is 11.3. The first-order valence-corrected chi connectivity index (χ1v) is 7.02. The molecule has 1 aromatic carbocycles. The Morgan fingerprint density at radius 3 is 2.17 bits per heavy atom. The summed E-state index contributed by atoms with van der Waals surface area (Å²) in [5, 5.41) is 17.1. The fraction of sp³-hybridized carbons (Fsp3) is 0. The predicted molar refractivity (Wildman–Crippen MR) is 89.9 cm³/mol. The molecule has 4 nitrogen and oxygen atoms in total. The van der Waals surface area contributed by atoms with E-state index < -0.39 is 0 Å². The lowest BCUT2D eigenvalue weighted by Gasteiger charge is -1.97. The number of hydrogen-bond acceptors (Lipinski definition) is 3. The largest absolute Gasteiger partial charge is 0.306 e. The molecule has 0 amide bonds. The van der Waals surface area contributed by atoms with Gasteiger partial charge in [0.2, 0.25) is 0 Å². The Labute approximate surface area is 133 Å². The molecule has 0 unspecified atom stereocenters. The Bertz CT molecular complexity index is 977. The summed E-state index contributed by atoms with van der Waals surface area (Å²) in [6, 6.07) is 15.7. The van der Waals surface area contributed by atoms with Crippen LogP contribution in [0.25, 0.3) is 29.1 Å². The average molecular weight is 296 g/mol. The summed E-state index contributed by atoms with van der Waals surface area (Å²) >= 11 is 0. The molecule has 2 aromatic heterocycles. The molecular weight excluding hydrogens is 284 g/mol. The maximum Gasteiger partial charge on any atom is 0.137 e. The van der Waals surface area contributed by atoms with Crippen LogP contribution < -0.4 is 0 Å². The Balaban J connectivity index is 1.94. The lowest BCUT2D eigenvalue weighted by molar-refractivity contribution is 1.18. The van der Waals surface area contributed by atoms with Gasteiger partial charge < -0.3 is 4.40 Å². The zero-order valence-corrected chi connectivity index (χ0v) is 12.2. The van der Waals surface area contributed by atoms with E-state index in [1.807, 2.05) is 65.3 Å². The second kappa shape index (κ2) is 6.43. The molecule has 0 aliphatic carbocycles. The monoisotopic (exact) mass is 296 g/mol. The van der Waals surface area contributed by atoms with Crippen LogP contribution in [0.15, 0.2) is 60.9 Å². The number of hydrogen-bond donors (Lipinski definition) is 0. The van der Waals surface area contributed by atoms with E-state index in [-0.39, 0.29) is 0 Å². The predicted octanol–water partition coefficient (Wildman–Crippen LogP) is 4.07. The molecule has 3 aromatic rings. The zero-order chi connectivity index (χ0) is 16.1. The van der Waals surface area contributed by atoms with Gasteiger partial charge >= 0.3 is 0 Å². The molecule has 0 saturated heterocycles. The van der Waals surface area contributed by atoms with Crippen molar-refractivity contribution in [1.29, 1.82) is 10.5 Å². The molecule has 0 atom stereocenters. The summed E-state index contributed by atoms with van der Waals surface area (Å²) in [5.74, 6) is 0. The van der Waals surface area contributed by atoms with E-state index in [1.54, 1.807) is 12.2 Å². The second-order valence-electron chi connectivity index (χ2n) is 4.90. The maximum atomic E-state index is 8.59. The van der Waals surface area contributed by atoms with Crippen LogP contribution in [0.2, 0.25) is 0 Å². The Kier molecular flexibility index (Phi) is 4.00. The average Bonchev–Trinajstić information content (AvgIpc) is 3.01. The lowest BCUT2D eigenvalue weighted by Crippen LogP contribution is -1.83.